The standard InChI is InChI=1S/C20H33N5O.HI/c1-3-12-22-19(26)15-24-20(21-4-2)23-14-18-11-8-13-25(18)16-17-9-6-5-7-10-17;/h5-7,9-10,18H,3-4,8,11-16H2,1-2H3,(H,22,26)(H2,21,23,24);1H. The summed E-state index contributed by atoms with van der Waals surface area (Å²) in [6, 6.07) is 11.1. The first-order chi connectivity index (χ1) is 12.7. The van der Waals surface area contributed by atoms with E-state index in [9.17, 15) is 4.79 Å². The predicted octanol–water partition coefficient (Wildman–Crippen LogP) is 2.35. The summed E-state index contributed by atoms with van der Waals surface area (Å²) in [5.74, 6) is 0.682. The molecule has 1 atom stereocenters. The fourth-order valence-electron chi connectivity index (χ4n) is 3.18. The number of nitrogens with zero attached hydrogens (tertiary/aromatic N) is 2. The average molecular weight is 487 g/mol. The summed E-state index contributed by atoms with van der Waals surface area (Å²) >= 11 is 0. The summed E-state index contributed by atoms with van der Waals surface area (Å²) in [4.78, 5) is 18.7. The largest absolute Gasteiger partial charge is 0.357 e. The van der Waals surface area contributed by atoms with Gasteiger partial charge in [0.25, 0.3) is 0 Å². The van der Waals surface area contributed by atoms with Crippen LogP contribution >= 0.6 is 24.0 Å². The topological polar surface area (TPSA) is 68.8 Å². The zero-order valence-electron chi connectivity index (χ0n) is 16.5. The number of carbonyl (C=O) groups is 1. The van der Waals surface area contributed by atoms with E-state index in [1.165, 1.54) is 18.4 Å². The van der Waals surface area contributed by atoms with Crippen LogP contribution in [0, 0.1) is 0 Å². The first-order valence-corrected chi connectivity index (χ1v) is 9.79. The molecular weight excluding hydrogens is 453 g/mol. The lowest BCUT2D eigenvalue weighted by Crippen LogP contribution is -2.45. The Morgan fingerprint density at radius 2 is 1.96 bits per heavy atom. The van der Waals surface area contributed by atoms with E-state index in [1.807, 2.05) is 13.8 Å². The second-order valence-corrected chi connectivity index (χ2v) is 6.68. The molecule has 1 fully saturated rings. The quantitative estimate of drug-likeness (QED) is 0.284. The maximum absolute atomic E-state index is 11.7. The lowest BCUT2D eigenvalue weighted by atomic mass is 10.2. The van der Waals surface area contributed by atoms with E-state index in [0.29, 0.717) is 18.5 Å². The molecule has 1 aromatic rings. The third-order valence-corrected chi connectivity index (χ3v) is 4.53. The van der Waals surface area contributed by atoms with Crippen molar-refractivity contribution in [3.05, 3.63) is 35.9 Å². The lowest BCUT2D eigenvalue weighted by Gasteiger charge is -2.25. The van der Waals surface area contributed by atoms with Crippen molar-refractivity contribution in [3.63, 3.8) is 0 Å². The van der Waals surface area contributed by atoms with Crippen LogP contribution in [0.25, 0.3) is 0 Å². The SMILES string of the molecule is CCCNC(=O)CN=C(NCC)NCC1CCCN1Cc1ccccc1.I. The van der Waals surface area contributed by atoms with Gasteiger partial charge >= 0.3 is 0 Å². The van der Waals surface area contributed by atoms with Crippen molar-refractivity contribution in [2.75, 3.05) is 32.7 Å². The molecule has 0 aromatic heterocycles. The monoisotopic (exact) mass is 487 g/mol. The minimum absolute atomic E-state index is 0. The molecule has 7 heteroatoms. The second-order valence-electron chi connectivity index (χ2n) is 6.68. The molecular formula is C20H34IN5O. The summed E-state index contributed by atoms with van der Waals surface area (Å²) in [7, 11) is 0. The number of benzene rings is 1. The Morgan fingerprint density at radius 1 is 1.19 bits per heavy atom. The molecule has 1 aromatic carbocycles. The van der Waals surface area contributed by atoms with Crippen LogP contribution in [-0.4, -0.2) is 55.5 Å². The zero-order valence-corrected chi connectivity index (χ0v) is 18.9. The van der Waals surface area contributed by atoms with Crippen molar-refractivity contribution in [1.29, 1.82) is 0 Å². The van der Waals surface area contributed by atoms with Gasteiger partial charge in [0.2, 0.25) is 5.91 Å². The number of guanidine groups is 1. The van der Waals surface area contributed by atoms with Gasteiger partial charge < -0.3 is 16.0 Å². The highest BCUT2D eigenvalue weighted by atomic mass is 127. The summed E-state index contributed by atoms with van der Waals surface area (Å²) in [5, 5.41) is 9.48. The van der Waals surface area contributed by atoms with Gasteiger partial charge in [-0.1, -0.05) is 37.3 Å². The Balaban J connectivity index is 0.00000364. The summed E-state index contributed by atoms with van der Waals surface area (Å²) < 4.78 is 0. The Morgan fingerprint density at radius 3 is 2.67 bits per heavy atom. The maximum Gasteiger partial charge on any atom is 0.241 e. The van der Waals surface area contributed by atoms with Crippen LogP contribution in [0.2, 0.25) is 0 Å². The highest BCUT2D eigenvalue weighted by Gasteiger charge is 2.24. The van der Waals surface area contributed by atoms with Gasteiger partial charge in [0.15, 0.2) is 5.96 Å². The molecule has 1 saturated heterocycles. The highest BCUT2D eigenvalue weighted by Crippen LogP contribution is 2.19. The Kier molecular flexibility index (Phi) is 12.1. The van der Waals surface area contributed by atoms with E-state index in [-0.39, 0.29) is 36.4 Å². The first-order valence-electron chi connectivity index (χ1n) is 9.79. The molecule has 3 N–H and O–H groups in total. The van der Waals surface area contributed by atoms with Gasteiger partial charge in [-0.2, -0.15) is 0 Å². The van der Waals surface area contributed by atoms with Crippen LogP contribution in [-0.2, 0) is 11.3 Å². The van der Waals surface area contributed by atoms with Gasteiger partial charge in [0.1, 0.15) is 6.54 Å². The molecule has 1 heterocycles. The molecule has 27 heavy (non-hydrogen) atoms. The van der Waals surface area contributed by atoms with E-state index in [0.717, 1.165) is 32.6 Å². The molecule has 0 radical (unpaired) electrons. The third kappa shape index (κ3) is 8.92. The first kappa shape index (κ1) is 23.7. The Labute approximate surface area is 180 Å². The number of nitrogens with one attached hydrogen (secondary N) is 3. The molecule has 1 amide bonds. The average Bonchev–Trinajstić information content (AvgIpc) is 3.10. The molecule has 0 aliphatic carbocycles. The smallest absolute Gasteiger partial charge is 0.241 e. The van der Waals surface area contributed by atoms with Gasteiger partial charge in [-0.3, -0.25) is 9.69 Å². The molecule has 2 rings (SSSR count). The predicted molar refractivity (Wildman–Crippen MR) is 123 cm³/mol. The minimum Gasteiger partial charge on any atom is -0.357 e. The van der Waals surface area contributed by atoms with Crippen LogP contribution in [0.1, 0.15) is 38.7 Å². The van der Waals surface area contributed by atoms with Crippen LogP contribution in [0.15, 0.2) is 35.3 Å². The summed E-state index contributed by atoms with van der Waals surface area (Å²) in [5.41, 5.74) is 1.35. The highest BCUT2D eigenvalue weighted by molar-refractivity contribution is 14.0. The van der Waals surface area contributed by atoms with E-state index < -0.39 is 0 Å². The molecule has 1 aliphatic heterocycles. The number of amides is 1. The van der Waals surface area contributed by atoms with E-state index in [2.05, 4.69) is 56.2 Å². The normalized spacial score (nSPS) is 17.3. The van der Waals surface area contributed by atoms with Crippen LogP contribution < -0.4 is 16.0 Å². The molecule has 1 aliphatic rings. The van der Waals surface area contributed by atoms with Gasteiger partial charge in [-0.25, -0.2) is 4.99 Å². The van der Waals surface area contributed by atoms with Crippen molar-refractivity contribution in [1.82, 2.24) is 20.9 Å². The summed E-state index contributed by atoms with van der Waals surface area (Å²) in [6.07, 6.45) is 3.36. The van der Waals surface area contributed by atoms with Gasteiger partial charge in [-0.05, 0) is 38.3 Å². The van der Waals surface area contributed by atoms with Crippen molar-refractivity contribution in [3.8, 4) is 0 Å². The zero-order chi connectivity index (χ0) is 18.6. The van der Waals surface area contributed by atoms with Crippen molar-refractivity contribution in [2.24, 2.45) is 4.99 Å². The third-order valence-electron chi connectivity index (χ3n) is 4.53. The number of carbonyl (C=O) groups excluding carboxylic acids is 1. The molecule has 0 spiro atoms. The van der Waals surface area contributed by atoms with Crippen LogP contribution in [0.5, 0.6) is 0 Å². The number of hydrogen-bond donors (Lipinski definition) is 3. The van der Waals surface area contributed by atoms with Crippen molar-refractivity contribution < 1.29 is 4.79 Å². The van der Waals surface area contributed by atoms with Crippen molar-refractivity contribution >= 4 is 35.8 Å². The van der Waals surface area contributed by atoms with Gasteiger partial charge in [0, 0.05) is 32.2 Å². The van der Waals surface area contributed by atoms with Crippen LogP contribution in [0.4, 0.5) is 0 Å². The fraction of sp³-hybridized carbons (Fsp3) is 0.600. The molecule has 0 saturated carbocycles. The van der Waals surface area contributed by atoms with Gasteiger partial charge in [-0.15, -0.1) is 24.0 Å². The molecule has 0 bridgehead atoms. The Hall–Kier alpha value is -1.35. The molecule has 6 nitrogen and oxygen atoms in total. The number of aliphatic imine (C=N–C) groups is 1. The molecule has 1 unspecified atom stereocenters. The number of hydrogen-bond acceptors (Lipinski definition) is 3. The number of halogens is 1. The summed E-state index contributed by atoms with van der Waals surface area (Å²) in [6.45, 7) is 8.68. The fourth-order valence-corrected chi connectivity index (χ4v) is 3.18. The maximum atomic E-state index is 11.7. The lowest BCUT2D eigenvalue weighted by molar-refractivity contribution is -0.119. The second kappa shape index (κ2) is 13.8. The van der Waals surface area contributed by atoms with Crippen molar-refractivity contribution in [2.45, 2.75) is 45.7 Å². The van der Waals surface area contributed by atoms with E-state index >= 15 is 0 Å². The molecule has 152 valence electrons. The Bertz CT molecular complexity index is 567. The van der Waals surface area contributed by atoms with Crippen LogP contribution in [0.3, 0.4) is 0 Å². The number of likely N-dealkylation sites (tertiary alicyclic amines) is 1. The minimum atomic E-state index is -0.0318. The van der Waals surface area contributed by atoms with E-state index in [1.54, 1.807) is 0 Å². The van der Waals surface area contributed by atoms with Gasteiger partial charge in [0.05, 0.1) is 0 Å². The number of rotatable bonds is 9. The van der Waals surface area contributed by atoms with E-state index in [4.69, 9.17) is 0 Å².